The molecule has 0 radical (unpaired) electrons. The normalized spacial score (nSPS) is 10.8. The van der Waals surface area contributed by atoms with Crippen LogP contribution in [0.4, 0.5) is 0 Å². The predicted octanol–water partition coefficient (Wildman–Crippen LogP) is 2.00. The molecule has 94 valence electrons. The molecule has 0 saturated carbocycles. The summed E-state index contributed by atoms with van der Waals surface area (Å²) in [7, 11) is 0. The molecule has 0 unspecified atom stereocenters. The molecule has 18 heavy (non-hydrogen) atoms. The number of hydrogen-bond donors (Lipinski definition) is 0. The molecule has 2 aromatic rings. The van der Waals surface area contributed by atoms with Gasteiger partial charge in [0.2, 0.25) is 0 Å². The molecule has 0 N–H and O–H groups in total. The summed E-state index contributed by atoms with van der Waals surface area (Å²) in [5.41, 5.74) is 4.27. The molecule has 0 saturated heterocycles. The van der Waals surface area contributed by atoms with E-state index in [1.807, 2.05) is 19.9 Å². The Labute approximate surface area is 110 Å². The molecule has 0 atom stereocenters. The van der Waals surface area contributed by atoms with Crippen LogP contribution in [-0.2, 0) is 4.79 Å². The molecule has 0 spiro atoms. The SMILES string of the molecule is Cc1cc(C)c2cc(C)c(SCC(=O)[O-])nc2c1. The van der Waals surface area contributed by atoms with Gasteiger partial charge in [-0.05, 0) is 49.6 Å². The lowest BCUT2D eigenvalue weighted by Gasteiger charge is -2.10. The number of aromatic nitrogens is 1. The molecule has 0 aliphatic rings. The minimum absolute atomic E-state index is 0.0653. The molecule has 0 amide bonds. The summed E-state index contributed by atoms with van der Waals surface area (Å²) < 4.78 is 0. The van der Waals surface area contributed by atoms with E-state index in [1.54, 1.807) is 0 Å². The van der Waals surface area contributed by atoms with E-state index in [4.69, 9.17) is 0 Å². The van der Waals surface area contributed by atoms with Crippen LogP contribution in [0.1, 0.15) is 16.7 Å². The van der Waals surface area contributed by atoms with Gasteiger partial charge < -0.3 is 9.90 Å². The lowest BCUT2D eigenvalue weighted by Crippen LogP contribution is -2.24. The highest BCUT2D eigenvalue weighted by molar-refractivity contribution is 7.99. The predicted molar refractivity (Wildman–Crippen MR) is 71.7 cm³/mol. The van der Waals surface area contributed by atoms with Crippen LogP contribution in [0.25, 0.3) is 10.9 Å². The Bertz CT molecular complexity index is 623. The number of pyridine rings is 1. The number of carboxylic acids is 1. The lowest BCUT2D eigenvalue weighted by atomic mass is 10.1. The van der Waals surface area contributed by atoms with E-state index in [0.29, 0.717) is 0 Å². The average molecular weight is 260 g/mol. The first-order chi connectivity index (χ1) is 8.47. The van der Waals surface area contributed by atoms with Gasteiger partial charge in [-0.1, -0.05) is 6.07 Å². The van der Waals surface area contributed by atoms with Crippen molar-refractivity contribution in [3.63, 3.8) is 0 Å². The van der Waals surface area contributed by atoms with Crippen LogP contribution < -0.4 is 5.11 Å². The molecule has 3 nitrogen and oxygen atoms in total. The van der Waals surface area contributed by atoms with Gasteiger partial charge in [0.25, 0.3) is 0 Å². The molecule has 1 aromatic carbocycles. The maximum Gasteiger partial charge on any atom is 0.1000 e. The Morgan fingerprint density at radius 1 is 1.22 bits per heavy atom. The molecule has 1 aromatic heterocycles. The number of nitrogens with zero attached hydrogens (tertiary/aromatic N) is 1. The molecule has 4 heteroatoms. The Hall–Kier alpha value is -1.55. The van der Waals surface area contributed by atoms with Crippen LogP contribution in [0.2, 0.25) is 0 Å². The van der Waals surface area contributed by atoms with Crippen molar-refractivity contribution < 1.29 is 9.90 Å². The molecule has 0 aliphatic heterocycles. The first kappa shape index (κ1) is 12.9. The number of aliphatic carboxylic acids is 1. The summed E-state index contributed by atoms with van der Waals surface area (Å²) in [4.78, 5) is 15.0. The van der Waals surface area contributed by atoms with Gasteiger partial charge in [0.1, 0.15) is 0 Å². The van der Waals surface area contributed by atoms with Crippen LogP contribution in [0.15, 0.2) is 23.2 Å². The van der Waals surface area contributed by atoms with Gasteiger partial charge >= 0.3 is 0 Å². The van der Waals surface area contributed by atoms with E-state index in [-0.39, 0.29) is 5.75 Å². The van der Waals surface area contributed by atoms with Crippen molar-refractivity contribution in [1.82, 2.24) is 4.98 Å². The second-order valence-corrected chi connectivity index (χ2v) is 5.38. The molecule has 1 heterocycles. The van der Waals surface area contributed by atoms with E-state index in [0.717, 1.165) is 27.1 Å². The Morgan fingerprint density at radius 2 is 1.94 bits per heavy atom. The third-order valence-corrected chi connectivity index (χ3v) is 3.82. The van der Waals surface area contributed by atoms with Crippen molar-refractivity contribution in [2.24, 2.45) is 0 Å². The average Bonchev–Trinajstić information content (AvgIpc) is 2.27. The standard InChI is InChI=1S/C14H15NO2S/c1-8-4-9(2)11-6-10(3)14(15-12(11)5-8)18-7-13(16)17/h4-6H,7H2,1-3H3,(H,16,17)/p-1. The summed E-state index contributed by atoms with van der Waals surface area (Å²) in [5.74, 6) is -1.13. The number of carbonyl (C=O) groups is 1. The number of hydrogen-bond acceptors (Lipinski definition) is 4. The van der Waals surface area contributed by atoms with Gasteiger partial charge in [-0.25, -0.2) is 4.98 Å². The minimum Gasteiger partial charge on any atom is -0.549 e. The number of thioether (sulfide) groups is 1. The summed E-state index contributed by atoms with van der Waals surface area (Å²) in [6.07, 6.45) is 0. The highest BCUT2D eigenvalue weighted by atomic mass is 32.2. The number of rotatable bonds is 3. The topological polar surface area (TPSA) is 53.0 Å². The fourth-order valence-electron chi connectivity index (χ4n) is 1.99. The summed E-state index contributed by atoms with van der Waals surface area (Å²) in [6, 6.07) is 6.21. The van der Waals surface area contributed by atoms with Crippen LogP contribution in [0, 0.1) is 20.8 Å². The fraction of sp³-hybridized carbons (Fsp3) is 0.286. The third kappa shape index (κ3) is 2.64. The number of benzene rings is 1. The van der Waals surface area contributed by atoms with Crippen molar-refractivity contribution in [2.45, 2.75) is 25.8 Å². The highest BCUT2D eigenvalue weighted by Crippen LogP contribution is 2.26. The Kier molecular flexibility index (Phi) is 3.57. The fourth-order valence-corrected chi connectivity index (χ4v) is 2.69. The zero-order valence-electron chi connectivity index (χ0n) is 10.6. The van der Waals surface area contributed by atoms with Gasteiger partial charge in [-0.3, -0.25) is 0 Å². The zero-order chi connectivity index (χ0) is 13.3. The summed E-state index contributed by atoms with van der Waals surface area (Å²) >= 11 is 1.21. The maximum absolute atomic E-state index is 10.5. The Balaban J connectivity index is 2.50. The van der Waals surface area contributed by atoms with E-state index in [1.165, 1.54) is 17.3 Å². The largest absolute Gasteiger partial charge is 0.549 e. The number of carboxylic acid groups (broad SMARTS) is 1. The number of aryl methyl sites for hydroxylation is 3. The van der Waals surface area contributed by atoms with Crippen LogP contribution in [-0.4, -0.2) is 16.7 Å². The van der Waals surface area contributed by atoms with Crippen molar-refractivity contribution in [3.05, 3.63) is 34.9 Å². The molecule has 2 rings (SSSR count). The van der Waals surface area contributed by atoms with Crippen LogP contribution in [0.3, 0.4) is 0 Å². The van der Waals surface area contributed by atoms with Gasteiger partial charge in [0.15, 0.2) is 0 Å². The van der Waals surface area contributed by atoms with Crippen molar-refractivity contribution >= 4 is 28.6 Å². The lowest BCUT2D eigenvalue weighted by molar-refractivity contribution is -0.301. The molecular formula is C14H14NO2S-. The highest BCUT2D eigenvalue weighted by Gasteiger charge is 2.06. The second-order valence-electron chi connectivity index (χ2n) is 4.42. The quantitative estimate of drug-likeness (QED) is 0.792. The number of carbonyl (C=O) groups excluding carboxylic acids is 1. The zero-order valence-corrected chi connectivity index (χ0v) is 11.4. The molecule has 0 aliphatic carbocycles. The van der Waals surface area contributed by atoms with Gasteiger partial charge in [-0.15, -0.1) is 11.8 Å². The van der Waals surface area contributed by atoms with Gasteiger partial charge in [0.05, 0.1) is 16.5 Å². The number of fused-ring (bicyclic) bond motifs is 1. The summed E-state index contributed by atoms with van der Waals surface area (Å²) in [6.45, 7) is 6.04. The smallest absolute Gasteiger partial charge is 0.1000 e. The van der Waals surface area contributed by atoms with Gasteiger partial charge in [0, 0.05) is 11.1 Å². The van der Waals surface area contributed by atoms with Crippen LogP contribution in [0.5, 0.6) is 0 Å². The summed E-state index contributed by atoms with van der Waals surface area (Å²) in [5, 5.41) is 12.4. The monoisotopic (exact) mass is 260 g/mol. The molecule has 0 fully saturated rings. The van der Waals surface area contributed by atoms with E-state index in [2.05, 4.69) is 24.0 Å². The second kappa shape index (κ2) is 4.98. The van der Waals surface area contributed by atoms with E-state index < -0.39 is 5.97 Å². The van der Waals surface area contributed by atoms with Crippen LogP contribution >= 0.6 is 11.8 Å². The third-order valence-electron chi connectivity index (χ3n) is 2.76. The van der Waals surface area contributed by atoms with Crippen molar-refractivity contribution in [2.75, 3.05) is 5.75 Å². The first-order valence-electron chi connectivity index (χ1n) is 5.68. The van der Waals surface area contributed by atoms with Crippen molar-refractivity contribution in [3.8, 4) is 0 Å². The maximum atomic E-state index is 10.5. The van der Waals surface area contributed by atoms with Gasteiger partial charge in [-0.2, -0.15) is 0 Å². The molecular weight excluding hydrogens is 246 g/mol. The minimum atomic E-state index is -1.07. The first-order valence-corrected chi connectivity index (χ1v) is 6.67. The van der Waals surface area contributed by atoms with E-state index in [9.17, 15) is 9.90 Å². The van der Waals surface area contributed by atoms with Crippen molar-refractivity contribution in [1.29, 1.82) is 0 Å². The van der Waals surface area contributed by atoms with E-state index >= 15 is 0 Å². The molecule has 0 bridgehead atoms. The Morgan fingerprint density at radius 3 is 2.61 bits per heavy atom.